The first kappa shape index (κ1) is 16.8. The monoisotopic (exact) mass is 334 g/mol. The number of pyridine rings is 1. The third-order valence-corrected chi connectivity index (χ3v) is 3.99. The summed E-state index contributed by atoms with van der Waals surface area (Å²) in [5.41, 5.74) is 2.62. The highest BCUT2D eigenvalue weighted by atomic mass is 19.1. The minimum atomic E-state index is -0.588. The van der Waals surface area contributed by atoms with Crippen LogP contribution in [0.4, 0.5) is 4.39 Å². The number of amides is 1. The Kier molecular flexibility index (Phi) is 5.52. The average molecular weight is 334 g/mol. The standard InChI is InChI=1S/C21H19FN2O/c22-20-12-11-19(15-23-20)21(25)24(16-18-9-5-2-6-10-18)14-13-17-7-3-1-4-8-17/h1-12,15H,13-14,16H2. The average Bonchev–Trinajstić information content (AvgIpc) is 2.67. The van der Waals surface area contributed by atoms with Crippen LogP contribution in [0.2, 0.25) is 0 Å². The number of carbonyl (C=O) groups excluding carboxylic acids is 1. The van der Waals surface area contributed by atoms with Crippen LogP contribution in [0.15, 0.2) is 79.0 Å². The molecule has 0 bridgehead atoms. The van der Waals surface area contributed by atoms with E-state index in [0.717, 1.165) is 12.0 Å². The Morgan fingerprint density at radius 1 is 0.880 bits per heavy atom. The van der Waals surface area contributed by atoms with E-state index < -0.39 is 5.95 Å². The number of benzene rings is 2. The molecule has 0 radical (unpaired) electrons. The first-order valence-electron chi connectivity index (χ1n) is 8.21. The third-order valence-electron chi connectivity index (χ3n) is 3.99. The van der Waals surface area contributed by atoms with Crippen LogP contribution in [0.5, 0.6) is 0 Å². The first-order valence-corrected chi connectivity index (χ1v) is 8.21. The molecular weight excluding hydrogens is 315 g/mol. The fourth-order valence-electron chi connectivity index (χ4n) is 2.65. The van der Waals surface area contributed by atoms with Gasteiger partial charge in [0.1, 0.15) is 0 Å². The van der Waals surface area contributed by atoms with Gasteiger partial charge in [-0.3, -0.25) is 4.79 Å². The number of rotatable bonds is 6. The maximum absolute atomic E-state index is 13.0. The predicted octanol–water partition coefficient (Wildman–Crippen LogP) is 4.11. The zero-order valence-electron chi connectivity index (χ0n) is 13.8. The van der Waals surface area contributed by atoms with Crippen LogP contribution < -0.4 is 0 Å². The van der Waals surface area contributed by atoms with Gasteiger partial charge in [0.15, 0.2) is 0 Å². The molecule has 1 amide bonds. The number of nitrogens with zero attached hydrogens (tertiary/aromatic N) is 2. The molecule has 0 N–H and O–H groups in total. The quantitative estimate of drug-likeness (QED) is 0.636. The second-order valence-electron chi connectivity index (χ2n) is 5.82. The highest BCUT2D eigenvalue weighted by Crippen LogP contribution is 2.12. The summed E-state index contributed by atoms with van der Waals surface area (Å²) in [4.78, 5) is 18.2. The first-order chi connectivity index (χ1) is 12.2. The van der Waals surface area contributed by atoms with Crippen LogP contribution in [0.3, 0.4) is 0 Å². The summed E-state index contributed by atoms with van der Waals surface area (Å²) in [6.07, 6.45) is 2.05. The van der Waals surface area contributed by atoms with Gasteiger partial charge in [-0.05, 0) is 29.7 Å². The Bertz CT molecular complexity index is 804. The summed E-state index contributed by atoms with van der Waals surface area (Å²) in [6, 6.07) is 22.6. The van der Waals surface area contributed by atoms with Crippen LogP contribution >= 0.6 is 0 Å². The van der Waals surface area contributed by atoms with E-state index >= 15 is 0 Å². The molecule has 4 heteroatoms. The van der Waals surface area contributed by atoms with E-state index in [1.54, 1.807) is 4.90 Å². The molecule has 0 saturated carbocycles. The smallest absolute Gasteiger partial charge is 0.255 e. The molecule has 126 valence electrons. The predicted molar refractivity (Wildman–Crippen MR) is 95.5 cm³/mol. The lowest BCUT2D eigenvalue weighted by molar-refractivity contribution is 0.0744. The van der Waals surface area contributed by atoms with Crippen molar-refractivity contribution in [3.8, 4) is 0 Å². The lowest BCUT2D eigenvalue weighted by Gasteiger charge is -2.23. The van der Waals surface area contributed by atoms with Gasteiger partial charge in [0.2, 0.25) is 5.95 Å². The van der Waals surface area contributed by atoms with Crippen molar-refractivity contribution in [3.63, 3.8) is 0 Å². The minimum absolute atomic E-state index is 0.146. The van der Waals surface area contributed by atoms with E-state index in [2.05, 4.69) is 4.98 Å². The van der Waals surface area contributed by atoms with Crippen molar-refractivity contribution in [2.75, 3.05) is 6.54 Å². The normalized spacial score (nSPS) is 10.4. The van der Waals surface area contributed by atoms with Gasteiger partial charge in [0.25, 0.3) is 5.91 Å². The Morgan fingerprint density at radius 3 is 2.12 bits per heavy atom. The summed E-state index contributed by atoms with van der Waals surface area (Å²) in [6.45, 7) is 1.08. The van der Waals surface area contributed by atoms with Gasteiger partial charge >= 0.3 is 0 Å². The number of hydrogen-bond acceptors (Lipinski definition) is 2. The Hall–Kier alpha value is -3.01. The van der Waals surface area contributed by atoms with Crippen LogP contribution in [-0.2, 0) is 13.0 Å². The third kappa shape index (κ3) is 4.73. The van der Waals surface area contributed by atoms with Crippen LogP contribution in [0.25, 0.3) is 0 Å². The minimum Gasteiger partial charge on any atom is -0.334 e. The zero-order valence-corrected chi connectivity index (χ0v) is 13.8. The summed E-state index contributed by atoms with van der Waals surface area (Å²) >= 11 is 0. The molecule has 0 spiro atoms. The highest BCUT2D eigenvalue weighted by molar-refractivity contribution is 5.93. The second kappa shape index (κ2) is 8.20. The Morgan fingerprint density at radius 2 is 1.52 bits per heavy atom. The van der Waals surface area contributed by atoms with Crippen molar-refractivity contribution in [3.05, 3.63) is 102 Å². The molecule has 0 unspecified atom stereocenters. The number of aromatic nitrogens is 1. The van der Waals surface area contributed by atoms with Crippen molar-refractivity contribution >= 4 is 5.91 Å². The van der Waals surface area contributed by atoms with Crippen molar-refractivity contribution < 1.29 is 9.18 Å². The molecular formula is C21H19FN2O. The van der Waals surface area contributed by atoms with Gasteiger partial charge in [-0.15, -0.1) is 0 Å². The van der Waals surface area contributed by atoms with Crippen molar-refractivity contribution in [1.82, 2.24) is 9.88 Å². The largest absolute Gasteiger partial charge is 0.334 e. The topological polar surface area (TPSA) is 33.2 Å². The molecule has 0 aliphatic rings. The van der Waals surface area contributed by atoms with Crippen LogP contribution in [0, 0.1) is 5.95 Å². The van der Waals surface area contributed by atoms with Gasteiger partial charge in [0.05, 0.1) is 5.56 Å². The zero-order chi connectivity index (χ0) is 17.5. The molecule has 1 aromatic heterocycles. The van der Waals surface area contributed by atoms with Crippen LogP contribution in [-0.4, -0.2) is 22.3 Å². The van der Waals surface area contributed by atoms with Gasteiger partial charge in [-0.25, -0.2) is 4.98 Å². The molecule has 0 aliphatic heterocycles. The Labute approximate surface area is 146 Å². The summed E-state index contributed by atoms with van der Waals surface area (Å²) in [5, 5.41) is 0. The highest BCUT2D eigenvalue weighted by Gasteiger charge is 2.16. The van der Waals surface area contributed by atoms with Gasteiger partial charge < -0.3 is 4.90 Å². The summed E-state index contributed by atoms with van der Waals surface area (Å²) in [5.74, 6) is -0.734. The van der Waals surface area contributed by atoms with E-state index in [0.29, 0.717) is 18.7 Å². The van der Waals surface area contributed by atoms with Crippen molar-refractivity contribution in [2.45, 2.75) is 13.0 Å². The molecule has 3 nitrogen and oxygen atoms in total. The second-order valence-corrected chi connectivity index (χ2v) is 5.82. The fraction of sp³-hybridized carbons (Fsp3) is 0.143. The summed E-state index contributed by atoms with van der Waals surface area (Å²) in [7, 11) is 0. The number of hydrogen-bond donors (Lipinski definition) is 0. The van der Waals surface area contributed by atoms with Crippen LogP contribution in [0.1, 0.15) is 21.5 Å². The van der Waals surface area contributed by atoms with Crippen molar-refractivity contribution in [2.24, 2.45) is 0 Å². The molecule has 2 aromatic carbocycles. The number of carbonyl (C=O) groups is 1. The molecule has 0 saturated heterocycles. The fourth-order valence-corrected chi connectivity index (χ4v) is 2.65. The maximum Gasteiger partial charge on any atom is 0.255 e. The molecule has 0 fully saturated rings. The molecule has 0 atom stereocenters. The van der Waals surface area contributed by atoms with Gasteiger partial charge in [-0.2, -0.15) is 4.39 Å². The van der Waals surface area contributed by atoms with Gasteiger partial charge in [0, 0.05) is 19.3 Å². The lowest BCUT2D eigenvalue weighted by atomic mass is 10.1. The van der Waals surface area contributed by atoms with Crippen molar-refractivity contribution in [1.29, 1.82) is 0 Å². The van der Waals surface area contributed by atoms with E-state index in [-0.39, 0.29) is 5.91 Å². The molecule has 1 heterocycles. The van der Waals surface area contributed by atoms with E-state index in [1.807, 2.05) is 60.7 Å². The molecule has 3 rings (SSSR count). The molecule has 25 heavy (non-hydrogen) atoms. The maximum atomic E-state index is 13.0. The molecule has 3 aromatic rings. The van der Waals surface area contributed by atoms with E-state index in [9.17, 15) is 9.18 Å². The van der Waals surface area contributed by atoms with E-state index in [1.165, 1.54) is 23.9 Å². The lowest BCUT2D eigenvalue weighted by Crippen LogP contribution is -2.32. The molecule has 0 aliphatic carbocycles. The Balaban J connectivity index is 1.77. The van der Waals surface area contributed by atoms with Gasteiger partial charge in [-0.1, -0.05) is 60.7 Å². The SMILES string of the molecule is O=C(c1ccc(F)nc1)N(CCc1ccccc1)Cc1ccccc1. The van der Waals surface area contributed by atoms with E-state index in [4.69, 9.17) is 0 Å². The number of halogens is 1. The summed E-state index contributed by atoms with van der Waals surface area (Å²) < 4.78 is 13.0.